The summed E-state index contributed by atoms with van der Waals surface area (Å²) in [5.74, 6) is -0.246. The van der Waals surface area contributed by atoms with E-state index >= 15 is 0 Å². The number of fused-ring (bicyclic) bond motifs is 1. The van der Waals surface area contributed by atoms with Gasteiger partial charge >= 0.3 is 5.97 Å². The first kappa shape index (κ1) is 28.0. The zero-order valence-electron chi connectivity index (χ0n) is 19.5. The van der Waals surface area contributed by atoms with Gasteiger partial charge in [-0.2, -0.15) is 5.26 Å². The van der Waals surface area contributed by atoms with E-state index in [0.29, 0.717) is 23.7 Å². The number of esters is 1. The molecule has 0 spiro atoms. The van der Waals surface area contributed by atoms with Crippen molar-refractivity contribution >= 4 is 64.0 Å². The van der Waals surface area contributed by atoms with Gasteiger partial charge in [0.15, 0.2) is 12.4 Å². The smallest absolute Gasteiger partial charge is 0.349 e. The highest BCUT2D eigenvalue weighted by Gasteiger charge is 2.31. The zero-order valence-corrected chi connectivity index (χ0v) is 23.3. The van der Waals surface area contributed by atoms with Crippen LogP contribution in [-0.4, -0.2) is 19.2 Å². The van der Waals surface area contributed by atoms with Crippen LogP contribution < -0.4 is 24.7 Å². The average molecular weight is 615 g/mol. The summed E-state index contributed by atoms with van der Waals surface area (Å²) in [7, 11) is 0. The highest BCUT2D eigenvalue weighted by Crippen LogP contribution is 2.48. The van der Waals surface area contributed by atoms with E-state index in [0.717, 1.165) is 5.56 Å². The molecule has 0 aliphatic carbocycles. The van der Waals surface area contributed by atoms with Gasteiger partial charge in [-0.05, 0) is 30.7 Å². The Kier molecular flexibility index (Phi) is 8.71. The van der Waals surface area contributed by atoms with Crippen LogP contribution in [0.15, 0.2) is 53.9 Å². The van der Waals surface area contributed by atoms with E-state index in [9.17, 15) is 10.1 Å². The number of nitriles is 1. The van der Waals surface area contributed by atoms with Crippen molar-refractivity contribution in [2.75, 3.05) is 13.2 Å². The van der Waals surface area contributed by atoms with Crippen LogP contribution in [0.5, 0.6) is 23.0 Å². The molecule has 1 unspecified atom stereocenters. The maximum absolute atomic E-state index is 12.5. The minimum absolute atomic E-state index is 0.0382. The second-order valence-corrected chi connectivity index (χ2v) is 9.68. The number of halogens is 5. The molecule has 196 valence electrons. The molecule has 1 heterocycles. The van der Waals surface area contributed by atoms with Gasteiger partial charge in [0.05, 0.1) is 27.6 Å². The largest absolute Gasteiger partial charge is 0.494 e. The van der Waals surface area contributed by atoms with Crippen molar-refractivity contribution in [1.82, 2.24) is 0 Å². The van der Waals surface area contributed by atoms with Gasteiger partial charge in [0.2, 0.25) is 5.88 Å². The summed E-state index contributed by atoms with van der Waals surface area (Å²) in [5, 5.41) is 9.38. The maximum atomic E-state index is 12.5. The number of rotatable bonds is 7. The van der Waals surface area contributed by atoms with E-state index < -0.39 is 18.5 Å². The number of carbonyl (C=O) groups excluding carboxylic acids is 1. The Labute approximate surface area is 243 Å². The van der Waals surface area contributed by atoms with Crippen LogP contribution in [0.25, 0.3) is 0 Å². The molecule has 1 aliphatic heterocycles. The second-order valence-electron chi connectivity index (χ2n) is 7.79. The summed E-state index contributed by atoms with van der Waals surface area (Å²) < 4.78 is 22.0. The third-order valence-corrected chi connectivity index (χ3v) is 7.69. The fourth-order valence-electron chi connectivity index (χ4n) is 3.77. The van der Waals surface area contributed by atoms with Crippen LogP contribution in [0.4, 0.5) is 0 Å². The molecule has 3 aromatic rings. The standard InChI is InChI=1S/C26H17Cl5N2O5/c1-2-35-13-5-3-12(4-6-13)19-15-8-7-14(9-17(15)38-26(33)16(19)10-32)37-18(34)11-36-25-23(30)21(28)20(27)22(29)24(25)31/h3-9,19H,2,11,33H2,1H3. The number of nitrogens with two attached hydrogens (primary N) is 1. The maximum Gasteiger partial charge on any atom is 0.349 e. The number of benzene rings is 3. The summed E-state index contributed by atoms with van der Waals surface area (Å²) in [5.41, 5.74) is 7.80. The van der Waals surface area contributed by atoms with Crippen LogP contribution in [0.1, 0.15) is 24.0 Å². The molecular formula is C26H17Cl5N2O5. The summed E-state index contributed by atoms with van der Waals surface area (Å²) in [6.07, 6.45) is 0. The molecule has 1 aliphatic rings. The molecule has 0 fully saturated rings. The first-order chi connectivity index (χ1) is 18.2. The van der Waals surface area contributed by atoms with Crippen molar-refractivity contribution in [3.8, 4) is 29.1 Å². The van der Waals surface area contributed by atoms with E-state index in [4.69, 9.17) is 82.7 Å². The first-order valence-corrected chi connectivity index (χ1v) is 12.8. The Morgan fingerprint density at radius 1 is 0.947 bits per heavy atom. The third kappa shape index (κ3) is 5.56. The summed E-state index contributed by atoms with van der Waals surface area (Å²) in [6, 6.07) is 14.2. The van der Waals surface area contributed by atoms with Crippen molar-refractivity contribution in [1.29, 1.82) is 5.26 Å². The number of carbonyl (C=O) groups is 1. The van der Waals surface area contributed by atoms with E-state index in [1.54, 1.807) is 12.1 Å². The Morgan fingerprint density at radius 3 is 2.16 bits per heavy atom. The highest BCUT2D eigenvalue weighted by atomic mass is 35.5. The van der Waals surface area contributed by atoms with Crippen LogP contribution in [0.2, 0.25) is 25.1 Å². The van der Waals surface area contributed by atoms with Crippen molar-refractivity contribution < 1.29 is 23.7 Å². The van der Waals surface area contributed by atoms with Crippen molar-refractivity contribution in [3.05, 3.63) is 90.2 Å². The first-order valence-electron chi connectivity index (χ1n) is 10.9. The van der Waals surface area contributed by atoms with Gasteiger partial charge in [0.25, 0.3) is 0 Å². The number of hydrogen-bond donors (Lipinski definition) is 1. The number of nitrogens with zero attached hydrogens (tertiary/aromatic N) is 1. The van der Waals surface area contributed by atoms with E-state index in [1.165, 1.54) is 6.07 Å². The molecule has 1 atom stereocenters. The fourth-order valence-corrected chi connectivity index (χ4v) is 5.00. The summed E-state index contributed by atoms with van der Waals surface area (Å²) in [4.78, 5) is 12.5. The highest BCUT2D eigenvalue weighted by molar-refractivity contribution is 6.55. The fraction of sp³-hybridized carbons (Fsp3) is 0.154. The lowest BCUT2D eigenvalue weighted by atomic mass is 9.83. The van der Waals surface area contributed by atoms with Gasteiger partial charge < -0.3 is 24.7 Å². The number of allylic oxidation sites excluding steroid dienone is 1. The summed E-state index contributed by atoms with van der Waals surface area (Å²) in [6.45, 7) is 1.86. The van der Waals surface area contributed by atoms with Crippen molar-refractivity contribution in [2.45, 2.75) is 12.8 Å². The van der Waals surface area contributed by atoms with Gasteiger partial charge in [0, 0.05) is 11.6 Å². The Morgan fingerprint density at radius 2 is 1.55 bits per heavy atom. The van der Waals surface area contributed by atoms with Crippen molar-refractivity contribution in [2.24, 2.45) is 5.73 Å². The molecule has 38 heavy (non-hydrogen) atoms. The Bertz CT molecular complexity index is 1460. The second kappa shape index (κ2) is 11.8. The number of ether oxygens (including phenoxy) is 4. The van der Waals surface area contributed by atoms with Crippen LogP contribution in [0, 0.1) is 11.3 Å². The minimum atomic E-state index is -0.778. The van der Waals surface area contributed by atoms with Gasteiger partial charge in [-0.15, -0.1) is 0 Å². The molecule has 3 aromatic carbocycles. The summed E-state index contributed by atoms with van der Waals surface area (Å²) >= 11 is 30.3. The van der Waals surface area contributed by atoms with Crippen LogP contribution in [0.3, 0.4) is 0 Å². The van der Waals surface area contributed by atoms with Crippen LogP contribution in [-0.2, 0) is 4.79 Å². The lowest BCUT2D eigenvalue weighted by molar-refractivity contribution is -0.136. The molecular weight excluding hydrogens is 598 g/mol. The van der Waals surface area contributed by atoms with Gasteiger partial charge in [-0.25, -0.2) is 4.79 Å². The SMILES string of the molecule is CCOc1ccc(C2C(C#N)=C(N)Oc3cc(OC(=O)COc4c(Cl)c(Cl)c(Cl)c(Cl)c4Cl)ccc32)cc1. The van der Waals surface area contributed by atoms with E-state index in [2.05, 4.69) is 6.07 Å². The van der Waals surface area contributed by atoms with Gasteiger partial charge in [-0.3, -0.25) is 0 Å². The molecule has 0 saturated heterocycles. The predicted octanol–water partition coefficient (Wildman–Crippen LogP) is 7.55. The lowest BCUT2D eigenvalue weighted by Gasteiger charge is -2.26. The molecule has 7 nitrogen and oxygen atoms in total. The zero-order chi connectivity index (χ0) is 27.6. The molecule has 12 heteroatoms. The molecule has 0 radical (unpaired) electrons. The topological polar surface area (TPSA) is 104 Å². The molecule has 0 bridgehead atoms. The van der Waals surface area contributed by atoms with Gasteiger partial charge in [0.1, 0.15) is 38.9 Å². The van der Waals surface area contributed by atoms with Gasteiger partial charge in [-0.1, -0.05) is 76.2 Å². The number of hydrogen-bond acceptors (Lipinski definition) is 7. The lowest BCUT2D eigenvalue weighted by Crippen LogP contribution is -2.21. The van der Waals surface area contributed by atoms with E-state index in [-0.39, 0.29) is 48.1 Å². The van der Waals surface area contributed by atoms with Crippen LogP contribution >= 0.6 is 58.0 Å². The molecule has 0 saturated carbocycles. The molecule has 0 aromatic heterocycles. The molecule has 4 rings (SSSR count). The Balaban J connectivity index is 1.54. The quantitative estimate of drug-likeness (QED) is 0.127. The average Bonchev–Trinajstić information content (AvgIpc) is 2.90. The normalized spacial score (nSPS) is 14.3. The Hall–Kier alpha value is -2.99. The molecule has 2 N–H and O–H groups in total. The minimum Gasteiger partial charge on any atom is -0.494 e. The van der Waals surface area contributed by atoms with Crippen molar-refractivity contribution in [3.63, 3.8) is 0 Å². The third-order valence-electron chi connectivity index (χ3n) is 5.45. The molecule has 0 amide bonds. The monoisotopic (exact) mass is 612 g/mol. The van der Waals surface area contributed by atoms with E-state index in [1.807, 2.05) is 31.2 Å². The predicted molar refractivity (Wildman–Crippen MR) is 146 cm³/mol.